The van der Waals surface area contributed by atoms with E-state index >= 15 is 0 Å². The summed E-state index contributed by atoms with van der Waals surface area (Å²) in [7, 11) is 0. The first-order valence-electron chi connectivity index (χ1n) is 16.7. The van der Waals surface area contributed by atoms with Crippen molar-refractivity contribution in [3.63, 3.8) is 0 Å². The van der Waals surface area contributed by atoms with Crippen LogP contribution in [-0.4, -0.2) is 58.3 Å². The minimum absolute atomic E-state index is 0.0107. The molecule has 8 heteroatoms. The number of nitrogens with zero attached hydrogens (tertiary/aromatic N) is 1. The predicted molar refractivity (Wildman–Crippen MR) is 161 cm³/mol. The molecular weight excluding hydrogens is 558 g/mol. The molecule has 2 heterocycles. The van der Waals surface area contributed by atoms with E-state index in [2.05, 4.69) is 18.8 Å². The molecule has 4 saturated carbocycles. The van der Waals surface area contributed by atoms with Crippen molar-refractivity contribution >= 4 is 17.5 Å². The van der Waals surface area contributed by atoms with Crippen LogP contribution in [-0.2, 0) is 35.0 Å². The fraction of sp³-hybridized carbons (Fsp3) is 0.667. The number of fused-ring (bicyclic) bond motifs is 7. The van der Waals surface area contributed by atoms with E-state index in [9.17, 15) is 19.5 Å². The summed E-state index contributed by atoms with van der Waals surface area (Å²) in [5, 5.41) is 12.0. The van der Waals surface area contributed by atoms with E-state index in [1.807, 2.05) is 18.2 Å². The normalized spacial score (nSPS) is 41.2. The van der Waals surface area contributed by atoms with Crippen molar-refractivity contribution in [3.8, 4) is 0 Å². The van der Waals surface area contributed by atoms with E-state index < -0.39 is 40.9 Å². The maximum absolute atomic E-state index is 14.5. The Hall–Kier alpha value is -2.68. The molecule has 0 spiro atoms. The van der Waals surface area contributed by atoms with Crippen molar-refractivity contribution in [2.45, 2.75) is 109 Å². The summed E-state index contributed by atoms with van der Waals surface area (Å²) >= 11 is 0. The highest BCUT2D eigenvalue weighted by molar-refractivity contribution is 6.01. The van der Waals surface area contributed by atoms with Crippen LogP contribution >= 0.6 is 0 Å². The second-order valence-electron chi connectivity index (χ2n) is 14.6. The molecule has 0 aromatic carbocycles. The van der Waals surface area contributed by atoms with Crippen LogP contribution in [0.4, 0.5) is 0 Å². The number of aliphatic hydroxyl groups excluding tert-OH is 1. The smallest absolute Gasteiger partial charge is 0.306 e. The number of carbonyl (C=O) groups is 3. The first kappa shape index (κ1) is 30.0. The molecule has 0 amide bonds. The largest absolute Gasteiger partial charge is 0.458 e. The van der Waals surface area contributed by atoms with Gasteiger partial charge in [0.25, 0.3) is 0 Å². The Labute approximate surface area is 259 Å². The van der Waals surface area contributed by atoms with Gasteiger partial charge in [-0.1, -0.05) is 50.8 Å². The van der Waals surface area contributed by atoms with Crippen LogP contribution in [0.15, 0.2) is 48.3 Å². The second-order valence-corrected chi connectivity index (χ2v) is 14.6. The van der Waals surface area contributed by atoms with Gasteiger partial charge in [0.2, 0.25) is 5.78 Å². The van der Waals surface area contributed by atoms with Crippen molar-refractivity contribution in [1.82, 2.24) is 4.98 Å². The van der Waals surface area contributed by atoms with Crippen molar-refractivity contribution in [1.29, 1.82) is 0 Å². The van der Waals surface area contributed by atoms with Crippen LogP contribution < -0.4 is 0 Å². The molecule has 1 aromatic rings. The lowest BCUT2D eigenvalue weighted by Crippen LogP contribution is -2.63. The topological polar surface area (TPSA) is 112 Å². The summed E-state index contributed by atoms with van der Waals surface area (Å²) in [4.78, 5) is 43.6. The molecule has 5 aliphatic carbocycles. The number of aromatic nitrogens is 1. The lowest BCUT2D eigenvalue weighted by molar-refractivity contribution is -0.210. The zero-order valence-electron chi connectivity index (χ0n) is 25.9. The maximum Gasteiger partial charge on any atom is 0.306 e. The van der Waals surface area contributed by atoms with Gasteiger partial charge >= 0.3 is 5.97 Å². The molecule has 7 rings (SSSR count). The Kier molecular flexibility index (Phi) is 7.69. The molecule has 9 atom stereocenters. The van der Waals surface area contributed by atoms with Gasteiger partial charge in [-0.3, -0.25) is 19.4 Å². The molecule has 1 N–H and O–H groups in total. The molecule has 0 radical (unpaired) electrons. The fourth-order valence-corrected chi connectivity index (χ4v) is 10.3. The number of hydrogen-bond donors (Lipinski definition) is 1. The number of carbonyl (C=O) groups excluding carboxylic acids is 3. The zero-order chi connectivity index (χ0) is 30.7. The van der Waals surface area contributed by atoms with E-state index in [-0.39, 0.29) is 48.3 Å². The molecule has 0 bridgehead atoms. The minimum atomic E-state index is -1.29. The van der Waals surface area contributed by atoms with Crippen molar-refractivity contribution in [3.05, 3.63) is 53.9 Å². The molecular formula is C36H45NO7. The first-order chi connectivity index (χ1) is 21.2. The van der Waals surface area contributed by atoms with Crippen molar-refractivity contribution in [2.75, 3.05) is 6.61 Å². The number of esters is 1. The van der Waals surface area contributed by atoms with Gasteiger partial charge in [0.1, 0.15) is 0 Å². The van der Waals surface area contributed by atoms with E-state index in [0.717, 1.165) is 49.7 Å². The van der Waals surface area contributed by atoms with E-state index in [1.54, 1.807) is 24.5 Å². The van der Waals surface area contributed by atoms with Gasteiger partial charge in [-0.25, -0.2) is 0 Å². The Morgan fingerprint density at radius 1 is 1.16 bits per heavy atom. The Balaban J connectivity index is 1.16. The third-order valence-electron chi connectivity index (χ3n) is 12.4. The van der Waals surface area contributed by atoms with Gasteiger partial charge in [0.05, 0.1) is 12.2 Å². The van der Waals surface area contributed by atoms with Crippen LogP contribution in [0.5, 0.6) is 0 Å². The summed E-state index contributed by atoms with van der Waals surface area (Å²) in [6, 6.07) is 3.74. The molecule has 6 aliphatic rings. The third kappa shape index (κ3) is 4.66. The van der Waals surface area contributed by atoms with Crippen LogP contribution in [0.25, 0.3) is 0 Å². The number of Topliss-reactive ketones (excluding diaryl/α,β-unsaturated/α-hetero) is 1. The number of ether oxygens (including phenoxy) is 3. The zero-order valence-corrected chi connectivity index (χ0v) is 25.9. The SMILES string of the molecule is C[C@]12C=CC(=O)C=C1CC[C@@H]1[C@@H]2[C@@H](O)C[C@@]2(C)[C@H]1C[C@H]1O[C@@H](C3CCCCC3)O[C@]12C(=O)COC(=O)CCc1cccnc1. The summed E-state index contributed by atoms with van der Waals surface area (Å²) in [5.74, 6) is -0.275. The second kappa shape index (κ2) is 11.3. The first-order valence-corrected chi connectivity index (χ1v) is 16.7. The van der Waals surface area contributed by atoms with Crippen LogP contribution in [0.3, 0.4) is 0 Å². The molecule has 1 aromatic heterocycles. The molecule has 1 aliphatic heterocycles. The van der Waals surface area contributed by atoms with E-state index in [1.165, 1.54) is 6.42 Å². The molecule has 1 saturated heterocycles. The summed E-state index contributed by atoms with van der Waals surface area (Å²) < 4.78 is 19.3. The molecule has 44 heavy (non-hydrogen) atoms. The van der Waals surface area contributed by atoms with Gasteiger partial charge < -0.3 is 19.3 Å². The van der Waals surface area contributed by atoms with Crippen LogP contribution in [0, 0.1) is 34.5 Å². The summed E-state index contributed by atoms with van der Waals surface area (Å²) in [6.45, 7) is 3.89. The summed E-state index contributed by atoms with van der Waals surface area (Å²) in [6.07, 6.45) is 16.0. The van der Waals surface area contributed by atoms with Gasteiger partial charge in [-0.15, -0.1) is 0 Å². The average Bonchev–Trinajstić information content (AvgIpc) is 3.53. The highest BCUT2D eigenvalue weighted by Gasteiger charge is 2.76. The quantitative estimate of drug-likeness (QED) is 0.430. The molecule has 5 fully saturated rings. The number of aliphatic hydroxyl groups is 1. The number of ketones is 2. The van der Waals surface area contributed by atoms with Gasteiger partial charge in [-0.2, -0.15) is 0 Å². The molecule has 8 nitrogen and oxygen atoms in total. The number of hydrogen-bond acceptors (Lipinski definition) is 8. The highest BCUT2D eigenvalue weighted by atomic mass is 16.7. The summed E-state index contributed by atoms with van der Waals surface area (Å²) in [5.41, 5.74) is -0.341. The number of aryl methyl sites for hydroxylation is 1. The number of pyridine rings is 1. The lowest BCUT2D eigenvalue weighted by Gasteiger charge is -2.59. The Morgan fingerprint density at radius 3 is 2.75 bits per heavy atom. The van der Waals surface area contributed by atoms with Crippen molar-refractivity contribution < 1.29 is 33.7 Å². The highest BCUT2D eigenvalue weighted by Crippen LogP contribution is 2.70. The average molecular weight is 604 g/mol. The van der Waals surface area contributed by atoms with E-state index in [4.69, 9.17) is 14.2 Å². The van der Waals surface area contributed by atoms with Gasteiger partial charge in [0.15, 0.2) is 24.3 Å². The van der Waals surface area contributed by atoms with Gasteiger partial charge in [0, 0.05) is 41.5 Å². The molecule has 0 unspecified atom stereocenters. The number of allylic oxidation sites excluding steroid dienone is 4. The van der Waals surface area contributed by atoms with E-state index in [0.29, 0.717) is 19.3 Å². The maximum atomic E-state index is 14.5. The monoisotopic (exact) mass is 603 g/mol. The molecule has 236 valence electrons. The number of rotatable bonds is 7. The van der Waals surface area contributed by atoms with Crippen LogP contribution in [0.2, 0.25) is 0 Å². The third-order valence-corrected chi connectivity index (χ3v) is 12.4. The standard InChI is InChI=1S/C36H45NO7/c1-34-15-14-25(38)17-24(34)11-12-26-27-18-30-36(35(27,2)19-28(39)32(26)34,44-33(43-30)23-8-4-3-5-9-23)29(40)21-42-31(41)13-10-22-7-6-16-37-20-22/h6-7,14-17,20,23,26-28,30,32-33,39H,3-5,8-13,18-19,21H2,1-2H3/t26-,27-,28-,30+,32+,33+,34-,35-,36+/m0/s1. The Bertz CT molecular complexity index is 1370. The van der Waals surface area contributed by atoms with Gasteiger partial charge in [-0.05, 0) is 80.6 Å². The van der Waals surface area contributed by atoms with Crippen molar-refractivity contribution in [2.24, 2.45) is 34.5 Å². The fourth-order valence-electron chi connectivity index (χ4n) is 10.3. The minimum Gasteiger partial charge on any atom is -0.458 e. The Morgan fingerprint density at radius 2 is 1.98 bits per heavy atom. The lowest BCUT2D eigenvalue weighted by atomic mass is 9.46. The predicted octanol–water partition coefficient (Wildman–Crippen LogP) is 5.08. The van der Waals surface area contributed by atoms with Crippen LogP contribution in [0.1, 0.15) is 83.6 Å².